The predicted octanol–water partition coefficient (Wildman–Crippen LogP) is 2.07. The molecule has 0 aliphatic heterocycles. The molecule has 0 bridgehead atoms. The number of nitrogens with two attached hydrogens (primary N) is 1. The molecule has 1 aromatic rings. The first-order chi connectivity index (χ1) is 7.95. The minimum absolute atomic E-state index is 0.0817. The second-order valence-corrected chi connectivity index (χ2v) is 5.13. The van der Waals surface area contributed by atoms with Gasteiger partial charge in [0.15, 0.2) is 5.82 Å². The number of hydrogen-bond acceptors (Lipinski definition) is 5. The van der Waals surface area contributed by atoms with Gasteiger partial charge in [0.2, 0.25) is 0 Å². The third kappa shape index (κ3) is 3.59. The van der Waals surface area contributed by atoms with Crippen LogP contribution in [0.3, 0.4) is 0 Å². The van der Waals surface area contributed by atoms with Crippen molar-refractivity contribution in [1.82, 2.24) is 9.69 Å². The van der Waals surface area contributed by atoms with Gasteiger partial charge < -0.3 is 16.4 Å². The first kappa shape index (κ1) is 13.8. The normalized spacial score (nSPS) is 12.5. The topological polar surface area (TPSA) is 80.0 Å². The molecule has 1 rings (SSSR count). The zero-order valence-corrected chi connectivity index (χ0v) is 11.5. The number of rotatable bonds is 5. The van der Waals surface area contributed by atoms with Gasteiger partial charge in [0, 0.05) is 12.1 Å². The van der Waals surface area contributed by atoms with Crippen LogP contribution in [-0.2, 0) is 0 Å². The molecule has 0 aromatic carbocycles. The Labute approximate surface area is 106 Å². The number of nitrogen functional groups attached to an aromatic ring is 1. The molecule has 1 unspecified atom stereocenters. The molecule has 1 amide bonds. The maximum Gasteiger partial charge on any atom is 0.258 e. The van der Waals surface area contributed by atoms with E-state index >= 15 is 0 Å². The van der Waals surface area contributed by atoms with Gasteiger partial charge in [0.1, 0.15) is 10.6 Å². The highest BCUT2D eigenvalue weighted by Crippen LogP contribution is 2.27. The average Bonchev–Trinajstić information content (AvgIpc) is 2.58. The summed E-state index contributed by atoms with van der Waals surface area (Å²) in [6.45, 7) is 7.96. The SMILES string of the molecule is CCC(C)Nc1snc(N)c1C(=O)NC(C)C. The smallest absolute Gasteiger partial charge is 0.258 e. The molecule has 96 valence electrons. The monoisotopic (exact) mass is 256 g/mol. The van der Waals surface area contributed by atoms with E-state index in [0.29, 0.717) is 17.4 Å². The average molecular weight is 256 g/mol. The summed E-state index contributed by atoms with van der Waals surface area (Å²) < 4.78 is 4.03. The highest BCUT2D eigenvalue weighted by molar-refractivity contribution is 7.11. The lowest BCUT2D eigenvalue weighted by Gasteiger charge is -2.13. The minimum Gasteiger partial charge on any atom is -0.382 e. The summed E-state index contributed by atoms with van der Waals surface area (Å²) in [5, 5.41) is 6.82. The van der Waals surface area contributed by atoms with Gasteiger partial charge in [-0.25, -0.2) is 0 Å². The van der Waals surface area contributed by atoms with Gasteiger partial charge >= 0.3 is 0 Å². The van der Waals surface area contributed by atoms with Crippen molar-refractivity contribution in [2.24, 2.45) is 0 Å². The van der Waals surface area contributed by atoms with Gasteiger partial charge in [-0.15, -0.1) is 0 Å². The summed E-state index contributed by atoms with van der Waals surface area (Å²) in [7, 11) is 0. The zero-order chi connectivity index (χ0) is 13.0. The fraction of sp³-hybridized carbons (Fsp3) is 0.636. The molecule has 5 nitrogen and oxygen atoms in total. The number of aromatic nitrogens is 1. The van der Waals surface area contributed by atoms with Crippen molar-refractivity contribution >= 4 is 28.3 Å². The van der Waals surface area contributed by atoms with Crippen molar-refractivity contribution in [3.8, 4) is 0 Å². The molecule has 0 fully saturated rings. The van der Waals surface area contributed by atoms with Crippen molar-refractivity contribution in [3.05, 3.63) is 5.56 Å². The molecule has 4 N–H and O–H groups in total. The van der Waals surface area contributed by atoms with E-state index < -0.39 is 0 Å². The Bertz CT molecular complexity index is 389. The van der Waals surface area contributed by atoms with Crippen molar-refractivity contribution in [3.63, 3.8) is 0 Å². The first-order valence-electron chi connectivity index (χ1n) is 5.78. The molecule has 0 saturated carbocycles. The fourth-order valence-corrected chi connectivity index (χ4v) is 2.10. The highest BCUT2D eigenvalue weighted by Gasteiger charge is 2.20. The van der Waals surface area contributed by atoms with Crippen LogP contribution in [0.1, 0.15) is 44.5 Å². The summed E-state index contributed by atoms with van der Waals surface area (Å²) in [4.78, 5) is 12.0. The zero-order valence-electron chi connectivity index (χ0n) is 10.7. The van der Waals surface area contributed by atoms with Crippen LogP contribution in [0.15, 0.2) is 0 Å². The number of nitrogens with one attached hydrogen (secondary N) is 2. The standard InChI is InChI=1S/C11H20N4OS/c1-5-7(4)14-11-8(9(12)15-17-11)10(16)13-6(2)3/h6-7,14H,5H2,1-4H3,(H2,12,15)(H,13,16). The van der Waals surface area contributed by atoms with E-state index in [0.717, 1.165) is 11.4 Å². The Kier molecular flexibility index (Phi) is 4.74. The molecule has 1 aromatic heterocycles. The maximum atomic E-state index is 12.0. The van der Waals surface area contributed by atoms with Crippen LogP contribution in [0.4, 0.5) is 10.8 Å². The lowest BCUT2D eigenvalue weighted by molar-refractivity contribution is 0.0945. The minimum atomic E-state index is -0.169. The number of hydrogen-bond donors (Lipinski definition) is 3. The second-order valence-electron chi connectivity index (χ2n) is 4.35. The Morgan fingerprint density at radius 3 is 2.65 bits per heavy atom. The summed E-state index contributed by atoms with van der Waals surface area (Å²) in [6, 6.07) is 0.374. The van der Waals surface area contributed by atoms with E-state index in [1.54, 1.807) is 0 Å². The third-order valence-electron chi connectivity index (χ3n) is 2.36. The Balaban J connectivity index is 2.89. The van der Waals surface area contributed by atoms with Gasteiger partial charge in [-0.3, -0.25) is 4.79 Å². The van der Waals surface area contributed by atoms with Crippen LogP contribution < -0.4 is 16.4 Å². The molecule has 0 aliphatic carbocycles. The van der Waals surface area contributed by atoms with Crippen molar-refractivity contribution in [2.45, 2.75) is 46.2 Å². The largest absolute Gasteiger partial charge is 0.382 e. The van der Waals surface area contributed by atoms with Gasteiger partial charge in [0.05, 0.1) is 0 Å². The molecule has 0 radical (unpaired) electrons. The number of carbonyl (C=O) groups excluding carboxylic acids is 1. The van der Waals surface area contributed by atoms with Crippen LogP contribution in [-0.4, -0.2) is 22.4 Å². The maximum absolute atomic E-state index is 12.0. The lowest BCUT2D eigenvalue weighted by Crippen LogP contribution is -2.31. The Hall–Kier alpha value is -1.30. The van der Waals surface area contributed by atoms with Crippen LogP contribution in [0, 0.1) is 0 Å². The number of nitrogens with zero attached hydrogens (tertiary/aromatic N) is 1. The van der Waals surface area contributed by atoms with Gasteiger partial charge in [-0.1, -0.05) is 6.92 Å². The Morgan fingerprint density at radius 1 is 1.47 bits per heavy atom. The molecule has 17 heavy (non-hydrogen) atoms. The van der Waals surface area contributed by atoms with E-state index in [9.17, 15) is 4.79 Å². The van der Waals surface area contributed by atoms with E-state index in [2.05, 4.69) is 28.9 Å². The summed E-state index contributed by atoms with van der Waals surface area (Å²) in [5.41, 5.74) is 6.20. The Morgan fingerprint density at radius 2 is 2.12 bits per heavy atom. The number of anilines is 2. The highest BCUT2D eigenvalue weighted by atomic mass is 32.1. The van der Waals surface area contributed by atoms with E-state index in [1.807, 2.05) is 13.8 Å². The third-order valence-corrected chi connectivity index (χ3v) is 3.15. The van der Waals surface area contributed by atoms with Gasteiger partial charge in [0.25, 0.3) is 5.91 Å². The summed E-state index contributed by atoms with van der Waals surface area (Å²) >= 11 is 1.23. The van der Waals surface area contributed by atoms with Crippen LogP contribution in [0.5, 0.6) is 0 Å². The molecular formula is C11H20N4OS. The molecular weight excluding hydrogens is 236 g/mol. The van der Waals surface area contributed by atoms with E-state index in [-0.39, 0.29) is 11.9 Å². The van der Waals surface area contributed by atoms with Crippen LogP contribution in [0.2, 0.25) is 0 Å². The molecule has 6 heteroatoms. The fourth-order valence-electron chi connectivity index (χ4n) is 1.28. The second kappa shape index (κ2) is 5.86. The molecule has 1 heterocycles. The lowest BCUT2D eigenvalue weighted by atomic mass is 10.2. The predicted molar refractivity (Wildman–Crippen MR) is 72.5 cm³/mol. The van der Waals surface area contributed by atoms with Crippen LogP contribution >= 0.6 is 11.5 Å². The summed E-state index contributed by atoms with van der Waals surface area (Å²) in [6.07, 6.45) is 0.975. The number of amides is 1. The van der Waals surface area contributed by atoms with Crippen molar-refractivity contribution in [1.29, 1.82) is 0 Å². The van der Waals surface area contributed by atoms with Gasteiger partial charge in [-0.2, -0.15) is 4.37 Å². The van der Waals surface area contributed by atoms with E-state index in [4.69, 9.17) is 5.73 Å². The summed E-state index contributed by atoms with van der Waals surface area (Å²) in [5.74, 6) is 0.121. The molecule has 0 spiro atoms. The van der Waals surface area contributed by atoms with Crippen molar-refractivity contribution in [2.75, 3.05) is 11.1 Å². The molecule has 0 aliphatic rings. The first-order valence-corrected chi connectivity index (χ1v) is 6.55. The van der Waals surface area contributed by atoms with Gasteiger partial charge in [-0.05, 0) is 38.7 Å². The van der Waals surface area contributed by atoms with E-state index in [1.165, 1.54) is 11.5 Å². The number of carbonyl (C=O) groups is 1. The quantitative estimate of drug-likeness (QED) is 0.753. The van der Waals surface area contributed by atoms with Crippen LogP contribution in [0.25, 0.3) is 0 Å². The van der Waals surface area contributed by atoms with Crippen molar-refractivity contribution < 1.29 is 4.79 Å². The molecule has 0 saturated heterocycles. The molecule has 1 atom stereocenters.